The second-order valence-electron chi connectivity index (χ2n) is 7.50. The van der Waals surface area contributed by atoms with E-state index in [2.05, 4.69) is 29.0 Å². The summed E-state index contributed by atoms with van der Waals surface area (Å²) < 4.78 is 15.1. The van der Waals surface area contributed by atoms with Crippen LogP contribution in [0.5, 0.6) is 0 Å². The van der Waals surface area contributed by atoms with E-state index in [4.69, 9.17) is 5.10 Å². The van der Waals surface area contributed by atoms with Crippen LogP contribution in [0, 0.1) is 19.7 Å². The molecule has 1 aromatic heterocycles. The first-order chi connectivity index (χ1) is 12.6. The number of likely N-dealkylation sites (tertiary alicyclic amines) is 1. The molecule has 27 heavy (non-hydrogen) atoms. The molecule has 0 spiro atoms. The van der Waals surface area contributed by atoms with E-state index in [9.17, 15) is 4.39 Å². The first-order valence-corrected chi connectivity index (χ1v) is 9.60. The Morgan fingerprint density at radius 1 is 1.11 bits per heavy atom. The van der Waals surface area contributed by atoms with Gasteiger partial charge < -0.3 is 5.32 Å². The number of benzene rings is 1. The van der Waals surface area contributed by atoms with E-state index in [0.717, 1.165) is 49.8 Å². The van der Waals surface area contributed by atoms with Gasteiger partial charge in [0.2, 0.25) is 0 Å². The zero-order valence-corrected chi connectivity index (χ0v) is 16.9. The fraction of sp³-hybridized carbons (Fsp3) is 0.550. The van der Waals surface area contributed by atoms with Gasteiger partial charge in [0.25, 0.3) is 0 Å². The minimum Gasteiger partial charge on any atom is -0.314 e. The van der Waals surface area contributed by atoms with Gasteiger partial charge in [0.05, 0.1) is 11.4 Å². The van der Waals surface area contributed by atoms with Crippen LogP contribution >= 0.6 is 12.4 Å². The number of hydrogen-bond acceptors (Lipinski definition) is 4. The average molecular weight is 394 g/mol. The summed E-state index contributed by atoms with van der Waals surface area (Å²) >= 11 is 0. The maximum absolute atomic E-state index is 13.2. The second kappa shape index (κ2) is 8.69. The fourth-order valence-electron chi connectivity index (χ4n) is 4.26. The Balaban J connectivity index is 0.00000210. The minimum absolute atomic E-state index is 0. The number of aromatic nitrogens is 2. The van der Waals surface area contributed by atoms with E-state index in [1.54, 1.807) is 12.1 Å². The largest absolute Gasteiger partial charge is 0.314 e. The highest BCUT2D eigenvalue weighted by molar-refractivity contribution is 5.85. The Kier molecular flexibility index (Phi) is 6.52. The van der Waals surface area contributed by atoms with Crippen molar-refractivity contribution in [3.05, 3.63) is 47.0 Å². The molecule has 0 saturated carbocycles. The van der Waals surface area contributed by atoms with Crippen molar-refractivity contribution in [1.29, 1.82) is 0 Å². The standard InChI is InChI=1S/C20H28FN5.ClH/c1-15-20(16(2)26(23-15)18-5-3-17(21)4-6-18)14-24-10-7-19(13-24)25-11-8-22-9-12-25;/h3-6,19,22H,7-14H2,1-2H3;1H. The van der Waals surface area contributed by atoms with Crippen LogP contribution in [0.25, 0.3) is 5.69 Å². The monoisotopic (exact) mass is 393 g/mol. The van der Waals surface area contributed by atoms with Crippen LogP contribution in [-0.4, -0.2) is 64.9 Å². The van der Waals surface area contributed by atoms with Crippen LogP contribution in [0.2, 0.25) is 0 Å². The van der Waals surface area contributed by atoms with E-state index in [0.29, 0.717) is 6.04 Å². The first-order valence-electron chi connectivity index (χ1n) is 9.60. The molecule has 1 aromatic carbocycles. The van der Waals surface area contributed by atoms with Crippen molar-refractivity contribution < 1.29 is 4.39 Å². The third kappa shape index (κ3) is 4.35. The van der Waals surface area contributed by atoms with Gasteiger partial charge in [-0.15, -0.1) is 12.4 Å². The number of rotatable bonds is 4. The molecule has 3 heterocycles. The zero-order valence-electron chi connectivity index (χ0n) is 16.1. The predicted molar refractivity (Wildman–Crippen MR) is 108 cm³/mol. The molecule has 2 saturated heterocycles. The molecule has 5 nitrogen and oxygen atoms in total. The van der Waals surface area contributed by atoms with Crippen molar-refractivity contribution in [3.8, 4) is 5.69 Å². The normalized spacial score (nSPS) is 21.4. The number of piperazine rings is 1. The Hall–Kier alpha value is -1.47. The van der Waals surface area contributed by atoms with Crippen molar-refractivity contribution >= 4 is 12.4 Å². The molecule has 2 fully saturated rings. The molecule has 148 valence electrons. The molecule has 4 rings (SSSR count). The lowest BCUT2D eigenvalue weighted by Gasteiger charge is -2.32. The van der Waals surface area contributed by atoms with Gasteiger partial charge in [-0.3, -0.25) is 9.80 Å². The molecule has 1 unspecified atom stereocenters. The Labute approximate surface area is 166 Å². The predicted octanol–water partition coefficient (Wildman–Crippen LogP) is 2.53. The summed E-state index contributed by atoms with van der Waals surface area (Å²) in [4.78, 5) is 5.19. The number of nitrogens with zero attached hydrogens (tertiary/aromatic N) is 4. The lowest BCUT2D eigenvalue weighted by Crippen LogP contribution is -2.49. The van der Waals surface area contributed by atoms with Gasteiger partial charge in [0.15, 0.2) is 0 Å². The molecule has 0 radical (unpaired) electrons. The minimum atomic E-state index is -0.216. The number of nitrogens with one attached hydrogen (secondary N) is 1. The van der Waals surface area contributed by atoms with Crippen molar-refractivity contribution in [3.63, 3.8) is 0 Å². The van der Waals surface area contributed by atoms with Gasteiger partial charge in [-0.25, -0.2) is 9.07 Å². The third-order valence-electron chi connectivity index (χ3n) is 5.81. The van der Waals surface area contributed by atoms with Crippen LogP contribution in [-0.2, 0) is 6.54 Å². The third-order valence-corrected chi connectivity index (χ3v) is 5.81. The summed E-state index contributed by atoms with van der Waals surface area (Å²) in [5.74, 6) is -0.216. The first kappa shape index (κ1) is 20.3. The molecule has 0 aliphatic carbocycles. The molecule has 1 N–H and O–H groups in total. The maximum Gasteiger partial charge on any atom is 0.123 e. The lowest BCUT2D eigenvalue weighted by molar-refractivity contribution is 0.170. The van der Waals surface area contributed by atoms with Gasteiger partial charge in [0, 0.05) is 63.1 Å². The molecule has 1 atom stereocenters. The van der Waals surface area contributed by atoms with E-state index in [1.807, 2.05) is 4.68 Å². The Bertz CT molecular complexity index is 754. The van der Waals surface area contributed by atoms with Gasteiger partial charge in [-0.05, 0) is 44.5 Å². The molecule has 2 aromatic rings. The Morgan fingerprint density at radius 3 is 2.52 bits per heavy atom. The molecule has 2 aliphatic heterocycles. The smallest absolute Gasteiger partial charge is 0.123 e. The summed E-state index contributed by atoms with van der Waals surface area (Å²) in [7, 11) is 0. The highest BCUT2D eigenvalue weighted by Crippen LogP contribution is 2.23. The van der Waals surface area contributed by atoms with Gasteiger partial charge in [0.1, 0.15) is 5.82 Å². The molecule has 0 amide bonds. The highest BCUT2D eigenvalue weighted by Gasteiger charge is 2.29. The molecular weight excluding hydrogens is 365 g/mol. The zero-order chi connectivity index (χ0) is 18.1. The van der Waals surface area contributed by atoms with Gasteiger partial charge >= 0.3 is 0 Å². The lowest BCUT2D eigenvalue weighted by atomic mass is 10.2. The maximum atomic E-state index is 13.2. The molecular formula is C20H29ClFN5. The average Bonchev–Trinajstić information content (AvgIpc) is 3.24. The SMILES string of the molecule is Cc1nn(-c2ccc(F)cc2)c(C)c1CN1CCC(N2CCNCC2)C1.Cl. The molecule has 2 aliphatic rings. The van der Waals surface area contributed by atoms with Crippen molar-refractivity contribution in [2.75, 3.05) is 39.3 Å². The van der Waals surface area contributed by atoms with Gasteiger partial charge in [-0.2, -0.15) is 5.10 Å². The van der Waals surface area contributed by atoms with Crippen LogP contribution in [0.1, 0.15) is 23.4 Å². The Morgan fingerprint density at radius 2 is 1.81 bits per heavy atom. The van der Waals surface area contributed by atoms with E-state index >= 15 is 0 Å². The van der Waals surface area contributed by atoms with Crippen molar-refractivity contribution in [2.45, 2.75) is 32.9 Å². The van der Waals surface area contributed by atoms with Crippen LogP contribution < -0.4 is 5.32 Å². The summed E-state index contributed by atoms with van der Waals surface area (Å²) in [5, 5.41) is 8.15. The van der Waals surface area contributed by atoms with Crippen LogP contribution in [0.4, 0.5) is 4.39 Å². The van der Waals surface area contributed by atoms with Crippen LogP contribution in [0.15, 0.2) is 24.3 Å². The highest BCUT2D eigenvalue weighted by atomic mass is 35.5. The van der Waals surface area contributed by atoms with Crippen LogP contribution in [0.3, 0.4) is 0 Å². The van der Waals surface area contributed by atoms with E-state index in [1.165, 1.54) is 37.2 Å². The molecule has 0 bridgehead atoms. The quantitative estimate of drug-likeness (QED) is 0.866. The summed E-state index contributed by atoms with van der Waals surface area (Å²) in [6.07, 6.45) is 1.25. The topological polar surface area (TPSA) is 36.3 Å². The van der Waals surface area contributed by atoms with Crippen molar-refractivity contribution in [2.24, 2.45) is 0 Å². The number of halogens is 2. The summed E-state index contributed by atoms with van der Waals surface area (Å²) in [5.41, 5.74) is 4.44. The summed E-state index contributed by atoms with van der Waals surface area (Å²) in [6, 6.07) is 7.24. The van der Waals surface area contributed by atoms with E-state index in [-0.39, 0.29) is 18.2 Å². The van der Waals surface area contributed by atoms with E-state index < -0.39 is 0 Å². The number of aryl methyl sites for hydroxylation is 1. The molecule has 7 heteroatoms. The van der Waals surface area contributed by atoms with Gasteiger partial charge in [-0.1, -0.05) is 0 Å². The fourth-order valence-corrected chi connectivity index (χ4v) is 4.26. The summed E-state index contributed by atoms with van der Waals surface area (Å²) in [6.45, 7) is 12.0. The second-order valence-corrected chi connectivity index (χ2v) is 7.50. The van der Waals surface area contributed by atoms with Crippen molar-refractivity contribution in [1.82, 2.24) is 24.9 Å². The number of hydrogen-bond donors (Lipinski definition) is 1.